The van der Waals surface area contributed by atoms with Gasteiger partial charge in [-0.15, -0.1) is 0 Å². The molecule has 0 radical (unpaired) electrons. The lowest BCUT2D eigenvalue weighted by Gasteiger charge is -2.31. The quantitative estimate of drug-likeness (QED) is 0.460. The molecule has 2 rings (SSSR count). The topological polar surface area (TPSA) is 128 Å². The SMILES string of the molecule is CC(=O)N[C@@H](CCN1CCOCC1)C(=O)N1CCC[C@H]1C(=O)NCC(=O)O. The summed E-state index contributed by atoms with van der Waals surface area (Å²) in [5.41, 5.74) is 0. The molecule has 0 saturated carbocycles. The monoisotopic (exact) mass is 384 g/mol. The average Bonchev–Trinajstić information content (AvgIpc) is 3.13. The number of likely N-dealkylation sites (tertiary alicyclic amines) is 1. The van der Waals surface area contributed by atoms with E-state index in [4.69, 9.17) is 9.84 Å². The van der Waals surface area contributed by atoms with Crippen LogP contribution >= 0.6 is 0 Å². The van der Waals surface area contributed by atoms with E-state index in [0.717, 1.165) is 13.1 Å². The molecule has 10 heteroatoms. The first-order chi connectivity index (χ1) is 12.9. The number of morpholine rings is 1. The lowest BCUT2D eigenvalue weighted by molar-refractivity contribution is -0.142. The Hall–Kier alpha value is -2.20. The summed E-state index contributed by atoms with van der Waals surface area (Å²) in [6, 6.07) is -1.41. The highest BCUT2D eigenvalue weighted by atomic mass is 16.5. The van der Waals surface area contributed by atoms with Crippen molar-refractivity contribution in [2.75, 3.05) is 45.9 Å². The van der Waals surface area contributed by atoms with Gasteiger partial charge in [0.1, 0.15) is 18.6 Å². The summed E-state index contributed by atoms with van der Waals surface area (Å²) in [5.74, 6) is -2.22. The molecule has 2 aliphatic heterocycles. The smallest absolute Gasteiger partial charge is 0.322 e. The van der Waals surface area contributed by atoms with E-state index >= 15 is 0 Å². The number of hydrogen-bond acceptors (Lipinski definition) is 6. The first kappa shape index (κ1) is 21.1. The molecule has 0 spiro atoms. The fourth-order valence-corrected chi connectivity index (χ4v) is 3.42. The van der Waals surface area contributed by atoms with Crippen LogP contribution in [0.5, 0.6) is 0 Å². The summed E-state index contributed by atoms with van der Waals surface area (Å²) in [7, 11) is 0. The third-order valence-corrected chi connectivity index (χ3v) is 4.77. The van der Waals surface area contributed by atoms with Gasteiger partial charge >= 0.3 is 5.97 Å². The number of carbonyl (C=O) groups excluding carboxylic acids is 3. The standard InChI is InChI=1S/C17H28N4O6/c1-12(22)19-13(4-6-20-7-9-27-10-8-20)17(26)21-5-2-3-14(21)16(25)18-11-15(23)24/h13-14H,2-11H2,1H3,(H,18,25)(H,19,22)(H,23,24)/t13-,14-/m0/s1. The molecular formula is C17H28N4O6. The second-order valence-corrected chi connectivity index (χ2v) is 6.80. The maximum Gasteiger partial charge on any atom is 0.322 e. The van der Waals surface area contributed by atoms with E-state index < -0.39 is 30.5 Å². The van der Waals surface area contributed by atoms with Gasteiger partial charge in [0, 0.05) is 33.1 Å². The van der Waals surface area contributed by atoms with Crippen LogP contribution < -0.4 is 10.6 Å². The Labute approximate surface area is 158 Å². The number of amides is 3. The van der Waals surface area contributed by atoms with Crippen molar-refractivity contribution >= 4 is 23.7 Å². The summed E-state index contributed by atoms with van der Waals surface area (Å²) in [4.78, 5) is 51.0. The Bertz CT molecular complexity index is 564. The highest BCUT2D eigenvalue weighted by Crippen LogP contribution is 2.19. The Kier molecular flexibility index (Phi) is 7.99. The van der Waals surface area contributed by atoms with Gasteiger partial charge in [0.05, 0.1) is 13.2 Å². The summed E-state index contributed by atoms with van der Waals surface area (Å²) < 4.78 is 5.31. The molecule has 2 fully saturated rings. The molecule has 0 unspecified atom stereocenters. The maximum atomic E-state index is 13.0. The summed E-state index contributed by atoms with van der Waals surface area (Å²) in [6.07, 6.45) is 1.58. The van der Waals surface area contributed by atoms with E-state index in [1.807, 2.05) is 0 Å². The van der Waals surface area contributed by atoms with Gasteiger partial charge in [0.25, 0.3) is 0 Å². The van der Waals surface area contributed by atoms with E-state index in [2.05, 4.69) is 15.5 Å². The molecule has 2 aliphatic rings. The van der Waals surface area contributed by atoms with Gasteiger partial charge in [0.2, 0.25) is 17.7 Å². The van der Waals surface area contributed by atoms with Crippen LogP contribution in [0.1, 0.15) is 26.2 Å². The van der Waals surface area contributed by atoms with E-state index in [1.165, 1.54) is 11.8 Å². The number of carboxylic acids is 1. The zero-order chi connectivity index (χ0) is 19.8. The maximum absolute atomic E-state index is 13.0. The second-order valence-electron chi connectivity index (χ2n) is 6.80. The number of nitrogens with one attached hydrogen (secondary N) is 2. The molecule has 0 bridgehead atoms. The first-order valence-corrected chi connectivity index (χ1v) is 9.25. The number of hydrogen-bond donors (Lipinski definition) is 3. The number of carbonyl (C=O) groups is 4. The van der Waals surface area contributed by atoms with Gasteiger partial charge < -0.3 is 25.4 Å². The van der Waals surface area contributed by atoms with Crippen molar-refractivity contribution in [2.24, 2.45) is 0 Å². The van der Waals surface area contributed by atoms with Crippen LogP contribution in [-0.4, -0.2) is 96.6 Å². The van der Waals surface area contributed by atoms with Gasteiger partial charge in [0.15, 0.2) is 0 Å². The lowest BCUT2D eigenvalue weighted by atomic mass is 10.1. The van der Waals surface area contributed by atoms with Crippen molar-refractivity contribution < 1.29 is 29.0 Å². The Morgan fingerprint density at radius 1 is 1.19 bits per heavy atom. The number of carboxylic acid groups (broad SMARTS) is 1. The first-order valence-electron chi connectivity index (χ1n) is 9.25. The van der Waals surface area contributed by atoms with Gasteiger partial charge in [-0.2, -0.15) is 0 Å². The van der Waals surface area contributed by atoms with Crippen molar-refractivity contribution in [3.63, 3.8) is 0 Å². The normalized spacial score (nSPS) is 21.5. The average molecular weight is 384 g/mol. The summed E-state index contributed by atoms with van der Waals surface area (Å²) in [5, 5.41) is 13.7. The van der Waals surface area contributed by atoms with Crippen LogP contribution in [0, 0.1) is 0 Å². The third kappa shape index (κ3) is 6.47. The molecule has 2 heterocycles. The summed E-state index contributed by atoms with van der Waals surface area (Å²) >= 11 is 0. The predicted octanol–water partition coefficient (Wildman–Crippen LogP) is -1.59. The fraction of sp³-hybridized carbons (Fsp3) is 0.765. The van der Waals surface area contributed by atoms with Crippen LogP contribution in [0.25, 0.3) is 0 Å². The Balaban J connectivity index is 1.97. The fourth-order valence-electron chi connectivity index (χ4n) is 3.42. The molecule has 2 atom stereocenters. The largest absolute Gasteiger partial charge is 0.480 e. The molecule has 0 aromatic heterocycles. The van der Waals surface area contributed by atoms with Crippen LogP contribution in [0.3, 0.4) is 0 Å². The van der Waals surface area contributed by atoms with Gasteiger partial charge in [-0.1, -0.05) is 0 Å². The summed E-state index contributed by atoms with van der Waals surface area (Å²) in [6.45, 7) is 4.80. The van der Waals surface area contributed by atoms with Crippen molar-refractivity contribution in [2.45, 2.75) is 38.3 Å². The molecular weight excluding hydrogens is 356 g/mol. The van der Waals surface area contributed by atoms with Crippen molar-refractivity contribution in [1.82, 2.24) is 20.4 Å². The predicted molar refractivity (Wildman–Crippen MR) is 94.9 cm³/mol. The van der Waals surface area contributed by atoms with Gasteiger partial charge in [-0.25, -0.2) is 0 Å². The molecule has 3 N–H and O–H groups in total. The van der Waals surface area contributed by atoms with E-state index in [1.54, 1.807) is 0 Å². The van der Waals surface area contributed by atoms with Crippen molar-refractivity contribution in [3.05, 3.63) is 0 Å². The molecule has 3 amide bonds. The van der Waals surface area contributed by atoms with E-state index in [-0.39, 0.29) is 11.8 Å². The molecule has 0 aliphatic carbocycles. The Morgan fingerprint density at radius 2 is 1.89 bits per heavy atom. The molecule has 152 valence electrons. The van der Waals surface area contributed by atoms with E-state index in [0.29, 0.717) is 45.6 Å². The number of rotatable bonds is 8. The van der Waals surface area contributed by atoms with E-state index in [9.17, 15) is 19.2 Å². The minimum Gasteiger partial charge on any atom is -0.480 e. The number of ether oxygens (including phenoxy) is 1. The van der Waals surface area contributed by atoms with Crippen molar-refractivity contribution in [1.29, 1.82) is 0 Å². The lowest BCUT2D eigenvalue weighted by Crippen LogP contribution is -2.54. The molecule has 0 aromatic carbocycles. The minimum absolute atomic E-state index is 0.300. The molecule has 10 nitrogen and oxygen atoms in total. The third-order valence-electron chi connectivity index (χ3n) is 4.77. The van der Waals surface area contributed by atoms with Crippen LogP contribution in [0.4, 0.5) is 0 Å². The minimum atomic E-state index is -1.14. The van der Waals surface area contributed by atoms with Crippen molar-refractivity contribution in [3.8, 4) is 0 Å². The van der Waals surface area contributed by atoms with Crippen LogP contribution in [-0.2, 0) is 23.9 Å². The molecule has 2 saturated heterocycles. The van der Waals surface area contributed by atoms with Crippen LogP contribution in [0.2, 0.25) is 0 Å². The number of aliphatic carboxylic acids is 1. The number of nitrogens with zero attached hydrogens (tertiary/aromatic N) is 2. The zero-order valence-corrected chi connectivity index (χ0v) is 15.6. The molecule has 0 aromatic rings. The Morgan fingerprint density at radius 3 is 2.52 bits per heavy atom. The van der Waals surface area contributed by atoms with Gasteiger partial charge in [-0.3, -0.25) is 24.1 Å². The highest BCUT2D eigenvalue weighted by Gasteiger charge is 2.37. The molecule has 27 heavy (non-hydrogen) atoms. The van der Waals surface area contributed by atoms with Crippen LogP contribution in [0.15, 0.2) is 0 Å². The highest BCUT2D eigenvalue weighted by molar-refractivity contribution is 5.93. The zero-order valence-electron chi connectivity index (χ0n) is 15.6. The van der Waals surface area contributed by atoms with Gasteiger partial charge in [-0.05, 0) is 19.3 Å². The second kappa shape index (κ2) is 10.2.